The van der Waals surface area contributed by atoms with Crippen LogP contribution in [0.2, 0.25) is 0 Å². The smallest absolute Gasteiger partial charge is 0.300 e. The lowest BCUT2D eigenvalue weighted by atomic mass is 9.94. The molecule has 0 saturated carbocycles. The monoisotopic (exact) mass is 515 g/mol. The maximum Gasteiger partial charge on any atom is 0.300 e. The number of methoxy groups -OCH3 is 1. The molecule has 0 radical (unpaired) electrons. The number of carbonyl (C=O) groups is 2. The third-order valence-electron chi connectivity index (χ3n) is 6.45. The van der Waals surface area contributed by atoms with Crippen LogP contribution < -0.4 is 19.1 Å². The van der Waals surface area contributed by atoms with Crippen LogP contribution in [-0.2, 0) is 9.59 Å². The normalized spacial score (nSPS) is 16.6. The number of amides is 1. The zero-order valence-electron chi connectivity index (χ0n) is 22.4. The molecule has 1 aliphatic rings. The van der Waals surface area contributed by atoms with Crippen LogP contribution >= 0.6 is 0 Å². The van der Waals surface area contributed by atoms with E-state index in [0.29, 0.717) is 47.3 Å². The van der Waals surface area contributed by atoms with Crippen molar-refractivity contribution in [3.05, 3.63) is 88.5 Å². The summed E-state index contributed by atoms with van der Waals surface area (Å²) >= 11 is 0. The third-order valence-corrected chi connectivity index (χ3v) is 6.45. The Bertz CT molecular complexity index is 1390. The zero-order valence-corrected chi connectivity index (χ0v) is 22.4. The lowest BCUT2D eigenvalue weighted by molar-refractivity contribution is -0.132. The first-order chi connectivity index (χ1) is 18.3. The van der Waals surface area contributed by atoms with Gasteiger partial charge in [0.2, 0.25) is 0 Å². The van der Waals surface area contributed by atoms with Crippen molar-refractivity contribution in [1.82, 2.24) is 0 Å². The molecule has 0 bridgehead atoms. The van der Waals surface area contributed by atoms with Crippen LogP contribution in [-0.4, -0.2) is 37.1 Å². The third kappa shape index (κ3) is 5.09. The van der Waals surface area contributed by atoms with Crippen LogP contribution in [0.1, 0.15) is 48.6 Å². The van der Waals surface area contributed by atoms with E-state index in [0.717, 1.165) is 17.5 Å². The van der Waals surface area contributed by atoms with Gasteiger partial charge in [-0.1, -0.05) is 37.3 Å². The number of benzene rings is 3. The van der Waals surface area contributed by atoms with Crippen molar-refractivity contribution in [2.24, 2.45) is 0 Å². The SMILES string of the molecule is CCCOc1cccc(/C(O)=C2/C(=O)C(=O)N(c3cc(C)ccc3C)C2c2ccc(OC)c(OCC)c2)c1. The number of anilines is 1. The fourth-order valence-electron chi connectivity index (χ4n) is 4.62. The summed E-state index contributed by atoms with van der Waals surface area (Å²) in [6, 6.07) is 17.0. The molecule has 0 spiro atoms. The van der Waals surface area contributed by atoms with E-state index in [1.165, 1.54) is 4.90 Å². The topological polar surface area (TPSA) is 85.3 Å². The minimum absolute atomic E-state index is 0.00355. The molecular formula is C31H33NO6. The Labute approximate surface area is 223 Å². The first-order valence-corrected chi connectivity index (χ1v) is 12.7. The van der Waals surface area contributed by atoms with Gasteiger partial charge in [0.15, 0.2) is 11.5 Å². The fraction of sp³-hybridized carbons (Fsp3) is 0.290. The molecule has 1 unspecified atom stereocenters. The Morgan fingerprint density at radius 3 is 2.45 bits per heavy atom. The minimum Gasteiger partial charge on any atom is -0.507 e. The van der Waals surface area contributed by atoms with E-state index in [4.69, 9.17) is 14.2 Å². The molecule has 1 atom stereocenters. The van der Waals surface area contributed by atoms with E-state index in [-0.39, 0.29) is 11.3 Å². The predicted octanol–water partition coefficient (Wildman–Crippen LogP) is 6.13. The largest absolute Gasteiger partial charge is 0.507 e. The summed E-state index contributed by atoms with van der Waals surface area (Å²) in [5, 5.41) is 11.5. The highest BCUT2D eigenvalue weighted by Gasteiger charge is 2.47. The molecule has 3 aromatic carbocycles. The molecule has 1 saturated heterocycles. The van der Waals surface area contributed by atoms with Gasteiger partial charge in [-0.25, -0.2) is 0 Å². The summed E-state index contributed by atoms with van der Waals surface area (Å²) in [7, 11) is 1.55. The van der Waals surface area contributed by atoms with Crippen molar-refractivity contribution in [1.29, 1.82) is 0 Å². The molecule has 0 aliphatic carbocycles. The summed E-state index contributed by atoms with van der Waals surface area (Å²) < 4.78 is 17.0. The maximum atomic E-state index is 13.6. The molecule has 1 amide bonds. The Kier molecular flexibility index (Phi) is 8.05. The van der Waals surface area contributed by atoms with E-state index >= 15 is 0 Å². The number of Topliss-reactive ketones (excluding diaryl/α,β-unsaturated/α-hetero) is 1. The van der Waals surface area contributed by atoms with E-state index in [1.807, 2.05) is 45.9 Å². The van der Waals surface area contributed by atoms with Crippen LogP contribution in [0.5, 0.6) is 17.2 Å². The Morgan fingerprint density at radius 2 is 1.74 bits per heavy atom. The number of hydrogen-bond acceptors (Lipinski definition) is 6. The lowest BCUT2D eigenvalue weighted by Crippen LogP contribution is -2.30. The molecule has 1 N–H and O–H groups in total. The summed E-state index contributed by atoms with van der Waals surface area (Å²) in [5.74, 6) is -0.162. The number of hydrogen-bond donors (Lipinski definition) is 1. The Morgan fingerprint density at radius 1 is 0.947 bits per heavy atom. The van der Waals surface area contributed by atoms with Gasteiger partial charge in [-0.2, -0.15) is 0 Å². The second-order valence-corrected chi connectivity index (χ2v) is 9.18. The molecule has 198 valence electrons. The fourth-order valence-corrected chi connectivity index (χ4v) is 4.62. The lowest BCUT2D eigenvalue weighted by Gasteiger charge is -2.27. The molecular weight excluding hydrogens is 482 g/mol. The summed E-state index contributed by atoms with van der Waals surface area (Å²) in [5.41, 5.74) is 3.37. The highest BCUT2D eigenvalue weighted by Crippen LogP contribution is 2.45. The number of ether oxygens (including phenoxy) is 3. The van der Waals surface area contributed by atoms with Crippen LogP contribution in [0.25, 0.3) is 5.76 Å². The summed E-state index contributed by atoms with van der Waals surface area (Å²) in [6.07, 6.45) is 0.830. The van der Waals surface area contributed by atoms with E-state index in [9.17, 15) is 14.7 Å². The molecule has 1 fully saturated rings. The van der Waals surface area contributed by atoms with Crippen LogP contribution in [0.3, 0.4) is 0 Å². The first kappa shape index (κ1) is 26.8. The second-order valence-electron chi connectivity index (χ2n) is 9.18. The molecule has 7 heteroatoms. The molecule has 4 rings (SSSR count). The maximum absolute atomic E-state index is 13.6. The van der Waals surface area contributed by atoms with Gasteiger partial charge in [0.25, 0.3) is 11.7 Å². The number of rotatable bonds is 9. The molecule has 1 aliphatic heterocycles. The molecule has 7 nitrogen and oxygen atoms in total. The van der Waals surface area contributed by atoms with Crippen molar-refractivity contribution in [3.63, 3.8) is 0 Å². The quantitative estimate of drug-likeness (QED) is 0.210. The van der Waals surface area contributed by atoms with Crippen LogP contribution in [0.15, 0.2) is 66.2 Å². The molecule has 0 aromatic heterocycles. The highest BCUT2D eigenvalue weighted by molar-refractivity contribution is 6.51. The number of aryl methyl sites for hydroxylation is 2. The van der Waals surface area contributed by atoms with Crippen LogP contribution in [0.4, 0.5) is 5.69 Å². The van der Waals surface area contributed by atoms with Gasteiger partial charge in [0.1, 0.15) is 11.5 Å². The van der Waals surface area contributed by atoms with Crippen molar-refractivity contribution in [2.75, 3.05) is 25.2 Å². The number of carbonyl (C=O) groups excluding carboxylic acids is 2. The second kappa shape index (κ2) is 11.4. The summed E-state index contributed by atoms with van der Waals surface area (Å²) in [6.45, 7) is 8.61. The first-order valence-electron chi connectivity index (χ1n) is 12.7. The van der Waals surface area contributed by atoms with E-state index in [2.05, 4.69) is 0 Å². The van der Waals surface area contributed by atoms with E-state index in [1.54, 1.807) is 49.6 Å². The average Bonchev–Trinajstić information content (AvgIpc) is 3.18. The van der Waals surface area contributed by atoms with Gasteiger partial charge in [0, 0.05) is 11.3 Å². The Balaban J connectivity index is 1.96. The van der Waals surface area contributed by atoms with Gasteiger partial charge in [-0.05, 0) is 74.2 Å². The summed E-state index contributed by atoms with van der Waals surface area (Å²) in [4.78, 5) is 28.6. The Hall–Kier alpha value is -4.26. The average molecular weight is 516 g/mol. The highest BCUT2D eigenvalue weighted by atomic mass is 16.5. The van der Waals surface area contributed by atoms with Crippen molar-refractivity contribution >= 4 is 23.1 Å². The molecule has 38 heavy (non-hydrogen) atoms. The number of aliphatic hydroxyl groups excluding tert-OH is 1. The van der Waals surface area contributed by atoms with Crippen molar-refractivity contribution in [3.8, 4) is 17.2 Å². The van der Waals surface area contributed by atoms with Crippen molar-refractivity contribution < 1.29 is 28.9 Å². The molecule has 3 aromatic rings. The van der Waals surface area contributed by atoms with Crippen LogP contribution in [0, 0.1) is 13.8 Å². The van der Waals surface area contributed by atoms with Gasteiger partial charge in [0.05, 0.1) is 31.9 Å². The standard InChI is InChI=1S/C31H33NO6/c1-6-15-38-23-10-8-9-22(17-23)29(33)27-28(21-13-14-25(36-5)26(18-21)37-7-2)32(31(35)30(27)34)24-16-19(3)11-12-20(24)4/h8-14,16-18,28,33H,6-7,15H2,1-5H3/b29-27-. The number of aliphatic hydroxyl groups is 1. The van der Waals surface area contributed by atoms with Gasteiger partial charge < -0.3 is 19.3 Å². The van der Waals surface area contributed by atoms with Gasteiger partial charge >= 0.3 is 0 Å². The van der Waals surface area contributed by atoms with Gasteiger partial charge in [-0.15, -0.1) is 0 Å². The van der Waals surface area contributed by atoms with Gasteiger partial charge in [-0.3, -0.25) is 14.5 Å². The predicted molar refractivity (Wildman–Crippen MR) is 147 cm³/mol. The zero-order chi connectivity index (χ0) is 27.4. The minimum atomic E-state index is -0.888. The molecule has 1 heterocycles. The van der Waals surface area contributed by atoms with E-state index < -0.39 is 17.7 Å². The van der Waals surface area contributed by atoms with Crippen molar-refractivity contribution in [2.45, 2.75) is 40.2 Å². The number of ketones is 1. The number of nitrogens with zero attached hydrogens (tertiary/aromatic N) is 1.